The smallest absolute Gasteiger partial charge is 0.339 e. The van der Waals surface area contributed by atoms with Crippen LogP contribution < -0.4 is 0 Å². The van der Waals surface area contributed by atoms with E-state index < -0.39 is 5.97 Å². The molecule has 0 saturated heterocycles. The van der Waals surface area contributed by atoms with Gasteiger partial charge in [-0.3, -0.25) is 0 Å². The zero-order valence-electron chi connectivity index (χ0n) is 9.01. The Morgan fingerprint density at radius 2 is 2.12 bits per heavy atom. The van der Waals surface area contributed by atoms with E-state index >= 15 is 0 Å². The zero-order valence-corrected chi connectivity index (χ0v) is 12.2. The largest absolute Gasteiger partial charge is 0.508 e. The molecule has 0 aliphatic carbocycles. The highest BCUT2D eigenvalue weighted by Gasteiger charge is 2.21. The Morgan fingerprint density at radius 3 is 2.62 bits per heavy atom. The summed E-state index contributed by atoms with van der Waals surface area (Å²) in [6.07, 6.45) is 1.47. The third kappa shape index (κ3) is 2.58. The summed E-state index contributed by atoms with van der Waals surface area (Å²) in [5, 5.41) is 9.81. The Balaban J connectivity index is 3.44. The fraction of sp³-hybridized carbons (Fsp3) is 0.364. The molecule has 0 unspecified atom stereocenters. The SMILES string of the molecule is CCCc1c(O)cc(Br)c(Br)c1C(=O)OC. The number of hydrogen-bond donors (Lipinski definition) is 1. The molecular weight excluding hydrogens is 340 g/mol. The summed E-state index contributed by atoms with van der Waals surface area (Å²) in [6, 6.07) is 1.57. The fourth-order valence-corrected chi connectivity index (χ4v) is 2.40. The van der Waals surface area contributed by atoms with Crippen LogP contribution in [0.25, 0.3) is 0 Å². The topological polar surface area (TPSA) is 46.5 Å². The number of phenolic OH excluding ortho intramolecular Hbond substituents is 1. The highest BCUT2D eigenvalue weighted by Crippen LogP contribution is 2.36. The predicted octanol–water partition coefficient (Wildman–Crippen LogP) is 3.66. The molecule has 0 aromatic heterocycles. The van der Waals surface area contributed by atoms with E-state index in [1.54, 1.807) is 6.07 Å². The number of carbonyl (C=O) groups is 1. The minimum Gasteiger partial charge on any atom is -0.508 e. The molecule has 0 radical (unpaired) electrons. The third-order valence-corrected chi connectivity index (χ3v) is 4.17. The van der Waals surface area contributed by atoms with Crippen molar-refractivity contribution in [2.24, 2.45) is 0 Å². The second-order valence-corrected chi connectivity index (χ2v) is 4.93. The first kappa shape index (κ1) is 13.5. The van der Waals surface area contributed by atoms with Crippen molar-refractivity contribution in [3.8, 4) is 5.75 Å². The Kier molecular flexibility index (Phi) is 4.80. The lowest BCUT2D eigenvalue weighted by molar-refractivity contribution is 0.0597. The quantitative estimate of drug-likeness (QED) is 0.845. The molecule has 0 saturated carbocycles. The Labute approximate surface area is 111 Å². The van der Waals surface area contributed by atoms with Gasteiger partial charge in [-0.25, -0.2) is 4.79 Å². The van der Waals surface area contributed by atoms with Crippen LogP contribution >= 0.6 is 31.9 Å². The number of carbonyl (C=O) groups excluding carboxylic acids is 1. The number of rotatable bonds is 3. The van der Waals surface area contributed by atoms with Crippen molar-refractivity contribution in [2.45, 2.75) is 19.8 Å². The van der Waals surface area contributed by atoms with E-state index in [0.717, 1.165) is 6.42 Å². The molecule has 0 fully saturated rings. The van der Waals surface area contributed by atoms with Gasteiger partial charge in [-0.2, -0.15) is 0 Å². The highest BCUT2D eigenvalue weighted by atomic mass is 79.9. The van der Waals surface area contributed by atoms with Crippen molar-refractivity contribution in [3.63, 3.8) is 0 Å². The number of esters is 1. The Bertz CT molecular complexity index is 416. The van der Waals surface area contributed by atoms with Gasteiger partial charge >= 0.3 is 5.97 Å². The number of hydrogen-bond acceptors (Lipinski definition) is 3. The van der Waals surface area contributed by atoms with Crippen LogP contribution in [0, 0.1) is 0 Å². The van der Waals surface area contributed by atoms with Gasteiger partial charge in [0.25, 0.3) is 0 Å². The summed E-state index contributed by atoms with van der Waals surface area (Å²) >= 11 is 6.58. The summed E-state index contributed by atoms with van der Waals surface area (Å²) in [7, 11) is 1.32. The average molecular weight is 352 g/mol. The molecule has 0 amide bonds. The van der Waals surface area contributed by atoms with E-state index in [2.05, 4.69) is 31.9 Å². The lowest BCUT2D eigenvalue weighted by Gasteiger charge is -2.12. The molecular formula is C11H12Br2O3. The molecule has 16 heavy (non-hydrogen) atoms. The van der Waals surface area contributed by atoms with E-state index in [1.807, 2.05) is 6.92 Å². The first-order valence-corrected chi connectivity index (χ1v) is 6.39. The minimum absolute atomic E-state index is 0.109. The molecule has 88 valence electrons. The molecule has 0 spiro atoms. The van der Waals surface area contributed by atoms with Gasteiger partial charge in [-0.15, -0.1) is 0 Å². The predicted molar refractivity (Wildman–Crippen MR) is 68.8 cm³/mol. The van der Waals surface area contributed by atoms with Gasteiger partial charge in [-0.05, 0) is 44.3 Å². The highest BCUT2D eigenvalue weighted by molar-refractivity contribution is 9.13. The van der Waals surface area contributed by atoms with Gasteiger partial charge < -0.3 is 9.84 Å². The molecule has 1 aromatic rings. The zero-order chi connectivity index (χ0) is 12.3. The number of halogens is 2. The molecule has 1 N–H and O–H groups in total. The van der Waals surface area contributed by atoms with Crippen molar-refractivity contribution in [1.82, 2.24) is 0 Å². The maximum absolute atomic E-state index is 11.7. The number of aromatic hydroxyl groups is 1. The Hall–Kier alpha value is -0.550. The molecule has 3 nitrogen and oxygen atoms in total. The van der Waals surface area contributed by atoms with Gasteiger partial charge in [0.15, 0.2) is 0 Å². The van der Waals surface area contributed by atoms with Gasteiger partial charge in [0, 0.05) is 14.5 Å². The maximum Gasteiger partial charge on any atom is 0.339 e. The Morgan fingerprint density at radius 1 is 1.50 bits per heavy atom. The van der Waals surface area contributed by atoms with Crippen LogP contribution in [0.1, 0.15) is 29.3 Å². The van der Waals surface area contributed by atoms with Crippen molar-refractivity contribution >= 4 is 37.8 Å². The molecule has 0 heterocycles. The molecule has 1 rings (SSSR count). The average Bonchev–Trinajstić information content (AvgIpc) is 2.25. The molecule has 0 aliphatic heterocycles. The van der Waals surface area contributed by atoms with Gasteiger partial charge in [0.05, 0.1) is 12.7 Å². The lowest BCUT2D eigenvalue weighted by atomic mass is 10.0. The second kappa shape index (κ2) is 5.68. The van der Waals surface area contributed by atoms with Crippen LogP contribution in [-0.2, 0) is 11.2 Å². The van der Waals surface area contributed by atoms with Crippen LogP contribution in [0.3, 0.4) is 0 Å². The van der Waals surface area contributed by atoms with Gasteiger partial charge in [0.1, 0.15) is 5.75 Å². The normalized spacial score (nSPS) is 10.2. The molecule has 0 atom stereocenters. The molecule has 1 aromatic carbocycles. The van der Waals surface area contributed by atoms with Crippen molar-refractivity contribution in [2.75, 3.05) is 7.11 Å². The summed E-state index contributed by atoms with van der Waals surface area (Å²) < 4.78 is 5.95. The summed E-state index contributed by atoms with van der Waals surface area (Å²) in [5.41, 5.74) is 1.00. The summed E-state index contributed by atoms with van der Waals surface area (Å²) in [5.74, 6) is -0.343. The first-order valence-electron chi connectivity index (χ1n) is 4.81. The fourth-order valence-electron chi connectivity index (χ4n) is 1.47. The lowest BCUT2D eigenvalue weighted by Crippen LogP contribution is -2.07. The van der Waals surface area contributed by atoms with Crippen LogP contribution in [0.5, 0.6) is 5.75 Å². The summed E-state index contributed by atoms with van der Waals surface area (Å²) in [6.45, 7) is 1.98. The maximum atomic E-state index is 11.7. The van der Waals surface area contributed by atoms with Gasteiger partial charge in [-0.1, -0.05) is 13.3 Å². The molecule has 0 aliphatic rings. The standard InChI is InChI=1S/C11H12Br2O3/c1-3-4-6-8(14)5-7(12)10(13)9(6)11(15)16-2/h5,14H,3-4H2,1-2H3. The van der Waals surface area contributed by atoms with E-state index in [9.17, 15) is 9.90 Å². The van der Waals surface area contributed by atoms with Crippen LogP contribution in [0.4, 0.5) is 0 Å². The number of benzene rings is 1. The first-order chi connectivity index (χ1) is 7.52. The number of methoxy groups -OCH3 is 1. The van der Waals surface area contributed by atoms with Gasteiger partial charge in [0.2, 0.25) is 0 Å². The van der Waals surface area contributed by atoms with E-state index in [1.165, 1.54) is 7.11 Å². The van der Waals surface area contributed by atoms with Crippen molar-refractivity contribution in [1.29, 1.82) is 0 Å². The summed E-state index contributed by atoms with van der Waals surface area (Å²) in [4.78, 5) is 11.7. The minimum atomic E-state index is -0.452. The van der Waals surface area contributed by atoms with Crippen LogP contribution in [0.15, 0.2) is 15.0 Å². The number of ether oxygens (including phenoxy) is 1. The van der Waals surface area contributed by atoms with Crippen LogP contribution in [0.2, 0.25) is 0 Å². The monoisotopic (exact) mass is 350 g/mol. The van der Waals surface area contributed by atoms with Crippen molar-refractivity contribution < 1.29 is 14.6 Å². The van der Waals surface area contributed by atoms with Crippen molar-refractivity contribution in [3.05, 3.63) is 26.1 Å². The third-order valence-electron chi connectivity index (χ3n) is 2.19. The van der Waals surface area contributed by atoms with E-state index in [0.29, 0.717) is 26.5 Å². The number of phenols is 1. The van der Waals surface area contributed by atoms with Crippen LogP contribution in [-0.4, -0.2) is 18.2 Å². The van der Waals surface area contributed by atoms with E-state index in [-0.39, 0.29) is 5.75 Å². The molecule has 5 heteroatoms. The van der Waals surface area contributed by atoms with E-state index in [4.69, 9.17) is 4.74 Å². The second-order valence-electron chi connectivity index (χ2n) is 3.29. The molecule has 0 bridgehead atoms.